The standard InChI is InChI=1S/C16H20Cl3NO10S3/c1-7(29-15(24)28-6-16(17,18)19)10-12(22)20(13(10)32-31-9(3)21)11(14(23)27-4)8(2)30-33(5,25)26/h7,10,13H,6H2,1-5H3/t7-,10+,13-/m1/s1. The van der Waals surface area contributed by atoms with Gasteiger partial charge in [0, 0.05) is 6.92 Å². The number of ether oxygens (including phenoxy) is 3. The predicted octanol–water partition coefficient (Wildman–Crippen LogP) is 2.99. The van der Waals surface area contributed by atoms with Crippen LogP contribution >= 0.6 is 56.4 Å². The van der Waals surface area contributed by atoms with E-state index >= 15 is 0 Å². The number of likely N-dealkylation sites (tertiary alicyclic amines) is 1. The van der Waals surface area contributed by atoms with Crippen molar-refractivity contribution in [3.8, 4) is 0 Å². The van der Waals surface area contributed by atoms with Crippen molar-refractivity contribution >= 4 is 89.7 Å². The Kier molecular flexibility index (Phi) is 11.0. The second kappa shape index (κ2) is 12.1. The SMILES string of the molecule is COC(=O)C(=C(C)OS(C)(=O)=O)N1C(=O)[C@H]([C@@H](C)OC(=O)OCC(Cl)(Cl)Cl)[C@H]1SSC(C)=O. The molecule has 1 rings (SSSR count). The lowest BCUT2D eigenvalue weighted by atomic mass is 9.91. The fourth-order valence-corrected chi connectivity index (χ4v) is 5.55. The second-order valence-corrected chi connectivity index (χ2v) is 13.0. The Morgan fingerprint density at radius 2 is 1.79 bits per heavy atom. The minimum atomic E-state index is -4.04. The van der Waals surface area contributed by atoms with E-state index in [0.29, 0.717) is 0 Å². The number of alkyl halides is 3. The third-order valence-electron chi connectivity index (χ3n) is 3.72. The molecule has 33 heavy (non-hydrogen) atoms. The topological polar surface area (TPSA) is 143 Å². The zero-order valence-electron chi connectivity index (χ0n) is 17.8. The van der Waals surface area contributed by atoms with E-state index in [1.807, 2.05) is 0 Å². The molecule has 0 radical (unpaired) electrons. The highest BCUT2D eigenvalue weighted by atomic mass is 35.6. The van der Waals surface area contributed by atoms with E-state index in [9.17, 15) is 27.6 Å². The summed E-state index contributed by atoms with van der Waals surface area (Å²) in [7, 11) is -1.37. The van der Waals surface area contributed by atoms with E-state index in [1.54, 1.807) is 0 Å². The van der Waals surface area contributed by atoms with Gasteiger partial charge in [0.2, 0.25) is 9.70 Å². The fourth-order valence-electron chi connectivity index (χ4n) is 2.55. The molecule has 1 saturated heterocycles. The zero-order chi connectivity index (χ0) is 25.7. The molecule has 0 bridgehead atoms. The second-order valence-electron chi connectivity index (χ2n) is 6.46. The minimum absolute atomic E-state index is 0.318. The van der Waals surface area contributed by atoms with Crippen molar-refractivity contribution in [2.45, 2.75) is 36.0 Å². The molecule has 11 nitrogen and oxygen atoms in total. The van der Waals surface area contributed by atoms with E-state index in [1.165, 1.54) is 13.8 Å². The molecule has 0 aromatic heterocycles. The molecule has 1 fully saturated rings. The van der Waals surface area contributed by atoms with E-state index in [4.69, 9.17) is 43.7 Å². The first-order valence-electron chi connectivity index (χ1n) is 8.74. The van der Waals surface area contributed by atoms with Gasteiger partial charge in [-0.3, -0.25) is 14.5 Å². The fraction of sp³-hybridized carbons (Fsp3) is 0.625. The van der Waals surface area contributed by atoms with Gasteiger partial charge in [0.15, 0.2) is 10.8 Å². The molecule has 0 aromatic rings. The molecule has 1 aliphatic rings. The van der Waals surface area contributed by atoms with Crippen molar-refractivity contribution < 1.29 is 46.0 Å². The Balaban J connectivity index is 3.22. The predicted molar refractivity (Wildman–Crippen MR) is 123 cm³/mol. The molecule has 17 heteroatoms. The Hall–Kier alpha value is -1.06. The maximum Gasteiger partial charge on any atom is 0.508 e. The van der Waals surface area contributed by atoms with E-state index in [0.717, 1.165) is 46.8 Å². The number of halogens is 3. The average Bonchev–Trinajstić information content (AvgIpc) is 2.64. The summed E-state index contributed by atoms with van der Waals surface area (Å²) in [6, 6.07) is 0. The van der Waals surface area contributed by atoms with E-state index in [-0.39, 0.29) is 5.12 Å². The number of amides is 1. The summed E-state index contributed by atoms with van der Waals surface area (Å²) in [6.07, 6.45) is -1.57. The number of hydrogen-bond acceptors (Lipinski definition) is 12. The van der Waals surface area contributed by atoms with Crippen LogP contribution in [0.15, 0.2) is 11.5 Å². The van der Waals surface area contributed by atoms with Crippen LogP contribution in [0.2, 0.25) is 0 Å². The first-order valence-corrected chi connectivity index (χ1v) is 13.9. The molecule has 3 atom stereocenters. The van der Waals surface area contributed by atoms with Crippen LogP contribution in [0, 0.1) is 5.92 Å². The number of methoxy groups -OCH3 is 1. The molecule has 1 amide bonds. The number of hydrogen-bond donors (Lipinski definition) is 0. The lowest BCUT2D eigenvalue weighted by Crippen LogP contribution is -2.63. The maximum absolute atomic E-state index is 13.0. The van der Waals surface area contributed by atoms with Crippen LogP contribution in [-0.4, -0.2) is 71.7 Å². The van der Waals surface area contributed by atoms with Crippen LogP contribution in [0.1, 0.15) is 20.8 Å². The van der Waals surface area contributed by atoms with Gasteiger partial charge in [0.05, 0.1) is 13.4 Å². The molecular weight excluding hydrogens is 569 g/mol. The maximum atomic E-state index is 13.0. The monoisotopic (exact) mass is 587 g/mol. The molecule has 1 aliphatic heterocycles. The molecule has 1 heterocycles. The van der Waals surface area contributed by atoms with Crippen LogP contribution in [-0.2, 0) is 42.9 Å². The van der Waals surface area contributed by atoms with Crippen molar-refractivity contribution in [2.75, 3.05) is 20.0 Å². The number of rotatable bonds is 9. The van der Waals surface area contributed by atoms with Gasteiger partial charge in [-0.05, 0) is 24.6 Å². The quantitative estimate of drug-likeness (QED) is 0.0743. The van der Waals surface area contributed by atoms with Crippen molar-refractivity contribution in [1.29, 1.82) is 0 Å². The molecular formula is C16H20Cl3NO10S3. The van der Waals surface area contributed by atoms with Crippen molar-refractivity contribution in [1.82, 2.24) is 4.90 Å². The number of esters is 1. The Morgan fingerprint density at radius 3 is 2.24 bits per heavy atom. The zero-order valence-corrected chi connectivity index (χ0v) is 22.5. The van der Waals surface area contributed by atoms with Crippen LogP contribution < -0.4 is 0 Å². The molecule has 0 N–H and O–H groups in total. The van der Waals surface area contributed by atoms with Gasteiger partial charge >= 0.3 is 22.2 Å². The normalized spacial score (nSPS) is 20.2. The lowest BCUT2D eigenvalue weighted by Gasteiger charge is -2.47. The van der Waals surface area contributed by atoms with Gasteiger partial charge in [-0.25, -0.2) is 9.59 Å². The number of β-lactam (4-membered cyclic amide) rings is 1. The highest BCUT2D eigenvalue weighted by Crippen LogP contribution is 2.46. The van der Waals surface area contributed by atoms with Gasteiger partial charge in [-0.15, -0.1) is 0 Å². The van der Waals surface area contributed by atoms with Crippen molar-refractivity contribution in [3.63, 3.8) is 0 Å². The molecule has 0 spiro atoms. The largest absolute Gasteiger partial charge is 0.508 e. The van der Waals surface area contributed by atoms with Gasteiger partial charge in [0.25, 0.3) is 0 Å². The molecule has 0 unspecified atom stereocenters. The van der Waals surface area contributed by atoms with Crippen LogP contribution in [0.25, 0.3) is 0 Å². The smallest absolute Gasteiger partial charge is 0.464 e. The van der Waals surface area contributed by atoms with Crippen LogP contribution in [0.3, 0.4) is 0 Å². The molecule has 0 saturated carbocycles. The molecule has 0 aliphatic carbocycles. The molecule has 188 valence electrons. The Bertz CT molecular complexity index is 935. The average molecular weight is 589 g/mol. The Morgan fingerprint density at radius 1 is 1.21 bits per heavy atom. The van der Waals surface area contributed by atoms with Gasteiger partial charge in [0.1, 0.15) is 29.8 Å². The van der Waals surface area contributed by atoms with Crippen LogP contribution in [0.5, 0.6) is 0 Å². The number of carbonyl (C=O) groups is 4. The van der Waals surface area contributed by atoms with Crippen molar-refractivity contribution in [3.05, 3.63) is 11.5 Å². The summed E-state index contributed by atoms with van der Waals surface area (Å²) < 4.78 is 40.3. The summed E-state index contributed by atoms with van der Waals surface area (Å²) in [6.45, 7) is 3.20. The van der Waals surface area contributed by atoms with E-state index < -0.39 is 67.4 Å². The van der Waals surface area contributed by atoms with Gasteiger partial charge in [-0.2, -0.15) is 8.42 Å². The summed E-state index contributed by atoms with van der Waals surface area (Å²) in [5.74, 6) is -3.26. The van der Waals surface area contributed by atoms with Gasteiger partial charge < -0.3 is 18.4 Å². The Labute approximate surface area is 213 Å². The van der Waals surface area contributed by atoms with Crippen LogP contribution in [0.4, 0.5) is 4.79 Å². The third-order valence-corrected chi connectivity index (χ3v) is 7.22. The lowest BCUT2D eigenvalue weighted by molar-refractivity contribution is -0.159. The first-order chi connectivity index (χ1) is 15.0. The first kappa shape index (κ1) is 30.0. The summed E-state index contributed by atoms with van der Waals surface area (Å²) in [5, 5.41) is -1.27. The highest BCUT2D eigenvalue weighted by Gasteiger charge is 2.55. The highest BCUT2D eigenvalue weighted by molar-refractivity contribution is 8.82. The number of nitrogens with zero attached hydrogens (tertiary/aromatic N) is 1. The van der Waals surface area contributed by atoms with Gasteiger partial charge in [-0.1, -0.05) is 45.6 Å². The summed E-state index contributed by atoms with van der Waals surface area (Å²) in [4.78, 5) is 49.6. The number of carbonyl (C=O) groups excluding carboxylic acids is 4. The van der Waals surface area contributed by atoms with Crippen molar-refractivity contribution in [2.24, 2.45) is 5.92 Å². The van der Waals surface area contributed by atoms with E-state index in [2.05, 4.69) is 9.47 Å². The third kappa shape index (κ3) is 9.25. The molecule has 0 aromatic carbocycles. The number of allylic oxidation sites excluding steroid dienone is 1. The minimum Gasteiger partial charge on any atom is -0.464 e. The summed E-state index contributed by atoms with van der Waals surface area (Å²) in [5.41, 5.74) is -0.489. The summed E-state index contributed by atoms with van der Waals surface area (Å²) >= 11 is 16.5.